The Bertz CT molecular complexity index is 508. The first-order valence-corrected chi connectivity index (χ1v) is 8.78. The molecule has 0 spiro atoms. The Hall–Kier alpha value is -1.03. The van der Waals surface area contributed by atoms with Crippen LogP contribution in [-0.2, 0) is 6.42 Å². The summed E-state index contributed by atoms with van der Waals surface area (Å²) in [7, 11) is 0. The van der Waals surface area contributed by atoms with Crippen molar-refractivity contribution in [2.24, 2.45) is 10.8 Å². The maximum atomic E-state index is 10.7. The number of piperidine rings is 1. The van der Waals surface area contributed by atoms with Crippen LogP contribution in [0, 0.1) is 17.8 Å². The third-order valence-corrected chi connectivity index (χ3v) is 3.67. The quantitative estimate of drug-likeness (QED) is 0.794. The molecule has 0 amide bonds. The molecule has 2 rings (SSSR count). The van der Waals surface area contributed by atoms with Gasteiger partial charge in [0.15, 0.2) is 0 Å². The highest BCUT2D eigenvalue weighted by molar-refractivity contribution is 5.02. The van der Waals surface area contributed by atoms with Gasteiger partial charge in [0.05, 0.1) is 0 Å². The van der Waals surface area contributed by atoms with Crippen LogP contribution >= 0.6 is 0 Å². The fourth-order valence-corrected chi connectivity index (χ4v) is 2.81. The molecule has 0 N–H and O–H groups in total. The van der Waals surface area contributed by atoms with Gasteiger partial charge in [-0.25, -0.2) is 4.79 Å². The summed E-state index contributed by atoms with van der Waals surface area (Å²) in [6, 6.07) is 0. The van der Waals surface area contributed by atoms with E-state index in [0.29, 0.717) is 16.9 Å². The van der Waals surface area contributed by atoms with Crippen LogP contribution in [0.1, 0.15) is 72.3 Å². The smallest absolute Gasteiger partial charge is 0.396 e. The fraction of sp³-hybridized carbons (Fsp3) is 0.842. The van der Waals surface area contributed by atoms with E-state index in [0.717, 1.165) is 6.42 Å². The van der Waals surface area contributed by atoms with Crippen LogP contribution in [0.2, 0.25) is 0 Å². The zero-order chi connectivity index (χ0) is 17.7. The lowest BCUT2D eigenvalue weighted by Gasteiger charge is -2.32. The normalized spacial score (nSPS) is 16.8. The summed E-state index contributed by atoms with van der Waals surface area (Å²) >= 11 is 0. The molecule has 0 radical (unpaired) electrons. The van der Waals surface area contributed by atoms with Gasteiger partial charge < -0.3 is 13.7 Å². The molecule has 0 bridgehead atoms. The number of likely N-dealkylation sites (tertiary alicyclic amines) is 1. The van der Waals surface area contributed by atoms with E-state index in [4.69, 9.17) is 8.83 Å². The Labute approximate surface area is 141 Å². The first-order chi connectivity index (χ1) is 10.5. The summed E-state index contributed by atoms with van der Waals surface area (Å²) in [5.74, 6) is 0.647. The second-order valence-corrected chi connectivity index (χ2v) is 9.07. The lowest BCUT2D eigenvalue weighted by molar-refractivity contribution is 0.164. The summed E-state index contributed by atoms with van der Waals surface area (Å²) in [5, 5.41) is 0. The standard InChI is InChI=1S/C10H21N.C9H14O3/c1-10(2,3)9-11-7-5-4-6-8-11;1-6-7(5-9(2,3)4)12-8(10)11-6/h4-9H2,1-3H3;5H2,1-4H3. The first-order valence-electron chi connectivity index (χ1n) is 8.78. The van der Waals surface area contributed by atoms with Crippen LogP contribution in [0.4, 0.5) is 0 Å². The molecule has 0 unspecified atom stereocenters. The average molecular weight is 325 g/mol. The van der Waals surface area contributed by atoms with Crippen LogP contribution < -0.4 is 5.82 Å². The summed E-state index contributed by atoms with van der Waals surface area (Å²) < 4.78 is 9.61. The van der Waals surface area contributed by atoms with E-state index < -0.39 is 5.82 Å². The van der Waals surface area contributed by atoms with Gasteiger partial charge in [-0.05, 0) is 43.7 Å². The predicted octanol–water partition coefficient (Wildman–Crippen LogP) is 4.65. The molecule has 0 saturated carbocycles. The second kappa shape index (κ2) is 8.18. The predicted molar refractivity (Wildman–Crippen MR) is 94.9 cm³/mol. The van der Waals surface area contributed by atoms with Crippen molar-refractivity contribution in [3.63, 3.8) is 0 Å². The van der Waals surface area contributed by atoms with Gasteiger partial charge in [-0.2, -0.15) is 0 Å². The molecule has 0 aliphatic carbocycles. The van der Waals surface area contributed by atoms with E-state index in [1.807, 2.05) is 0 Å². The van der Waals surface area contributed by atoms with Crippen LogP contribution in [0.5, 0.6) is 0 Å². The zero-order valence-electron chi connectivity index (χ0n) is 16.1. The van der Waals surface area contributed by atoms with E-state index in [1.165, 1.54) is 38.9 Å². The average Bonchev–Trinajstić information content (AvgIpc) is 2.65. The Balaban J connectivity index is 0.000000231. The van der Waals surface area contributed by atoms with Crippen LogP contribution in [0.25, 0.3) is 0 Å². The van der Waals surface area contributed by atoms with Crippen LogP contribution in [0.15, 0.2) is 13.6 Å². The molecule has 4 heteroatoms. The van der Waals surface area contributed by atoms with Crippen molar-refractivity contribution in [1.29, 1.82) is 0 Å². The minimum Gasteiger partial charge on any atom is -0.396 e. The second-order valence-electron chi connectivity index (χ2n) is 9.07. The van der Waals surface area contributed by atoms with Gasteiger partial charge in [-0.15, -0.1) is 0 Å². The first kappa shape index (κ1) is 20.0. The van der Waals surface area contributed by atoms with Gasteiger partial charge in [-0.1, -0.05) is 48.0 Å². The Morgan fingerprint density at radius 1 is 0.913 bits per heavy atom. The van der Waals surface area contributed by atoms with Crippen molar-refractivity contribution in [3.05, 3.63) is 22.1 Å². The summed E-state index contributed by atoms with van der Waals surface area (Å²) in [6.07, 6.45) is 5.00. The minimum absolute atomic E-state index is 0.116. The number of hydrogen-bond donors (Lipinski definition) is 0. The number of nitrogens with zero attached hydrogens (tertiary/aromatic N) is 1. The van der Waals surface area contributed by atoms with Crippen molar-refractivity contribution in [1.82, 2.24) is 4.90 Å². The Morgan fingerprint density at radius 2 is 1.48 bits per heavy atom. The van der Waals surface area contributed by atoms with E-state index in [9.17, 15) is 4.79 Å². The number of rotatable bonds is 2. The van der Waals surface area contributed by atoms with Crippen LogP contribution in [-0.4, -0.2) is 24.5 Å². The lowest BCUT2D eigenvalue weighted by Crippen LogP contribution is -2.36. The van der Waals surface area contributed by atoms with Crippen molar-refractivity contribution >= 4 is 0 Å². The van der Waals surface area contributed by atoms with Gasteiger partial charge in [0.25, 0.3) is 0 Å². The molecule has 1 aromatic heterocycles. The Morgan fingerprint density at radius 3 is 1.87 bits per heavy atom. The minimum atomic E-state index is -0.605. The van der Waals surface area contributed by atoms with Crippen molar-refractivity contribution < 1.29 is 8.83 Å². The third kappa shape index (κ3) is 8.99. The number of hydrogen-bond acceptors (Lipinski definition) is 4. The largest absolute Gasteiger partial charge is 0.519 e. The molecule has 134 valence electrons. The molecular weight excluding hydrogens is 290 g/mol. The topological polar surface area (TPSA) is 46.6 Å². The van der Waals surface area contributed by atoms with Crippen molar-refractivity contribution in [3.8, 4) is 0 Å². The van der Waals surface area contributed by atoms with E-state index in [-0.39, 0.29) is 5.41 Å². The molecule has 0 atom stereocenters. The molecule has 0 aromatic carbocycles. The molecule has 1 saturated heterocycles. The molecule has 23 heavy (non-hydrogen) atoms. The Kier molecular flexibility index (Phi) is 7.12. The highest BCUT2D eigenvalue weighted by Crippen LogP contribution is 2.21. The van der Waals surface area contributed by atoms with Gasteiger partial charge in [0.1, 0.15) is 11.5 Å². The molecule has 2 heterocycles. The maximum absolute atomic E-state index is 10.7. The van der Waals surface area contributed by atoms with Crippen molar-refractivity contribution in [2.75, 3.05) is 19.6 Å². The monoisotopic (exact) mass is 325 g/mol. The third-order valence-electron chi connectivity index (χ3n) is 3.67. The van der Waals surface area contributed by atoms with E-state index >= 15 is 0 Å². The van der Waals surface area contributed by atoms with Gasteiger partial charge in [0, 0.05) is 13.0 Å². The zero-order valence-corrected chi connectivity index (χ0v) is 16.1. The van der Waals surface area contributed by atoms with Gasteiger partial charge in [-0.3, -0.25) is 0 Å². The highest BCUT2D eigenvalue weighted by atomic mass is 16.6. The van der Waals surface area contributed by atoms with Crippen molar-refractivity contribution in [2.45, 2.75) is 74.1 Å². The molecule has 1 aromatic rings. The van der Waals surface area contributed by atoms with Gasteiger partial charge >= 0.3 is 5.82 Å². The van der Waals surface area contributed by atoms with Crippen LogP contribution in [0.3, 0.4) is 0 Å². The molecule has 1 fully saturated rings. The molecule has 1 aliphatic rings. The molecular formula is C19H35NO3. The number of aryl methyl sites for hydroxylation is 1. The molecule has 4 nitrogen and oxygen atoms in total. The highest BCUT2D eigenvalue weighted by Gasteiger charge is 2.18. The molecule has 1 aliphatic heterocycles. The SMILES string of the molecule is CC(C)(C)CN1CCCCC1.Cc1oc(=O)oc1CC(C)(C)C. The van der Waals surface area contributed by atoms with E-state index in [2.05, 4.69) is 46.4 Å². The van der Waals surface area contributed by atoms with E-state index in [1.54, 1.807) is 6.92 Å². The van der Waals surface area contributed by atoms with Gasteiger partial charge in [0.2, 0.25) is 0 Å². The fourth-order valence-electron chi connectivity index (χ4n) is 2.81. The summed E-state index contributed by atoms with van der Waals surface area (Å²) in [6.45, 7) is 18.9. The summed E-state index contributed by atoms with van der Waals surface area (Å²) in [5.41, 5.74) is 0.599. The summed E-state index contributed by atoms with van der Waals surface area (Å²) in [4.78, 5) is 13.3. The lowest BCUT2D eigenvalue weighted by atomic mass is 9.91. The maximum Gasteiger partial charge on any atom is 0.519 e.